The molecule has 0 saturated heterocycles. The molecule has 0 spiro atoms. The number of rotatable bonds is 5. The fourth-order valence-corrected chi connectivity index (χ4v) is 3.56. The first kappa shape index (κ1) is 13.5. The Bertz CT molecular complexity index is 289. The summed E-state index contributed by atoms with van der Waals surface area (Å²) in [5, 5.41) is 2.86. The maximum Gasteiger partial charge on any atom is 0.0406 e. The molecule has 0 aliphatic carbocycles. The summed E-state index contributed by atoms with van der Waals surface area (Å²) in [5.41, 5.74) is 1.60. The molecule has 84 valence electrons. The van der Waals surface area contributed by atoms with Crippen LogP contribution in [0.3, 0.4) is 0 Å². The zero-order chi connectivity index (χ0) is 11.3. The van der Waals surface area contributed by atoms with Gasteiger partial charge in [-0.15, -0.1) is 0 Å². The Morgan fingerprint density at radius 2 is 1.53 bits per heavy atom. The Hall–Kier alpha value is 0.470. The van der Waals surface area contributed by atoms with Crippen molar-refractivity contribution in [2.24, 2.45) is 0 Å². The van der Waals surface area contributed by atoms with Crippen LogP contribution >= 0.6 is 43.5 Å². The number of halogens is 3. The van der Waals surface area contributed by atoms with Gasteiger partial charge in [-0.3, -0.25) is 0 Å². The van der Waals surface area contributed by atoms with Crippen molar-refractivity contribution >= 4 is 43.5 Å². The normalized spacial score (nSPS) is 11.7. The summed E-state index contributed by atoms with van der Waals surface area (Å²) < 4.78 is 0. The van der Waals surface area contributed by atoms with Gasteiger partial charge in [-0.1, -0.05) is 62.5 Å². The van der Waals surface area contributed by atoms with Crippen LogP contribution in [-0.2, 0) is 5.41 Å². The van der Waals surface area contributed by atoms with Crippen LogP contribution in [0.25, 0.3) is 0 Å². The van der Waals surface area contributed by atoms with E-state index in [1.165, 1.54) is 5.56 Å². The molecule has 0 saturated carbocycles. The fourth-order valence-electron chi connectivity index (χ4n) is 1.68. The molecule has 1 rings (SSSR count). The molecule has 0 nitrogen and oxygen atoms in total. The van der Waals surface area contributed by atoms with Crippen molar-refractivity contribution in [1.29, 1.82) is 0 Å². The molecule has 3 heteroatoms. The number of hydrogen-bond donors (Lipinski definition) is 0. The van der Waals surface area contributed by atoms with Crippen molar-refractivity contribution in [3.05, 3.63) is 34.9 Å². The molecule has 15 heavy (non-hydrogen) atoms. The van der Waals surface area contributed by atoms with E-state index in [9.17, 15) is 0 Å². The molecule has 1 aromatic rings. The first-order valence-electron chi connectivity index (χ1n) is 5.00. The SMILES string of the molecule is CC(CCBr)(CCBr)c1ccc(Cl)cc1. The van der Waals surface area contributed by atoms with Crippen molar-refractivity contribution in [1.82, 2.24) is 0 Å². The van der Waals surface area contributed by atoms with Gasteiger partial charge in [-0.25, -0.2) is 0 Å². The molecule has 0 aromatic heterocycles. The minimum Gasteiger partial charge on any atom is -0.0928 e. The largest absolute Gasteiger partial charge is 0.0928 e. The third-order valence-corrected chi connectivity index (χ3v) is 3.88. The summed E-state index contributed by atoms with van der Waals surface area (Å²) >= 11 is 12.9. The third-order valence-electron chi connectivity index (χ3n) is 2.83. The molecule has 0 amide bonds. The lowest BCUT2D eigenvalue weighted by atomic mass is 9.78. The predicted octanol–water partition coefficient (Wildman–Crippen LogP) is 5.17. The monoisotopic (exact) mass is 352 g/mol. The molecule has 0 heterocycles. The topological polar surface area (TPSA) is 0 Å². The molecule has 1 aromatic carbocycles. The van der Waals surface area contributed by atoms with Crippen molar-refractivity contribution in [2.45, 2.75) is 25.2 Å². The molecule has 0 bridgehead atoms. The highest BCUT2D eigenvalue weighted by molar-refractivity contribution is 9.09. The van der Waals surface area contributed by atoms with Crippen LogP contribution in [0.1, 0.15) is 25.3 Å². The van der Waals surface area contributed by atoms with E-state index in [0.29, 0.717) is 0 Å². The predicted molar refractivity (Wildman–Crippen MR) is 75.6 cm³/mol. The van der Waals surface area contributed by atoms with E-state index in [4.69, 9.17) is 11.6 Å². The van der Waals surface area contributed by atoms with Gasteiger partial charge in [0.05, 0.1) is 0 Å². The summed E-state index contributed by atoms with van der Waals surface area (Å²) in [4.78, 5) is 0. The second-order valence-corrected chi connectivity index (χ2v) is 5.97. The van der Waals surface area contributed by atoms with Crippen LogP contribution in [0.2, 0.25) is 5.02 Å². The van der Waals surface area contributed by atoms with Gasteiger partial charge in [-0.2, -0.15) is 0 Å². The second kappa shape index (κ2) is 6.27. The lowest BCUT2D eigenvalue weighted by molar-refractivity contribution is 0.448. The molecule has 0 radical (unpaired) electrons. The van der Waals surface area contributed by atoms with E-state index < -0.39 is 0 Å². The molecule has 0 aliphatic heterocycles. The zero-order valence-corrected chi connectivity index (χ0v) is 12.7. The van der Waals surface area contributed by atoms with Gasteiger partial charge >= 0.3 is 0 Å². The molecule has 0 unspecified atom stereocenters. The Balaban J connectivity index is 2.92. The van der Waals surface area contributed by atoms with Crippen LogP contribution in [0.15, 0.2) is 24.3 Å². The zero-order valence-electron chi connectivity index (χ0n) is 8.77. The molecule has 0 N–H and O–H groups in total. The average Bonchev–Trinajstić information content (AvgIpc) is 2.19. The van der Waals surface area contributed by atoms with Gasteiger partial charge < -0.3 is 0 Å². The van der Waals surface area contributed by atoms with Crippen molar-refractivity contribution in [3.63, 3.8) is 0 Å². The lowest BCUT2D eigenvalue weighted by Gasteiger charge is -2.29. The summed E-state index contributed by atoms with van der Waals surface area (Å²) in [6.07, 6.45) is 2.28. The molecule has 0 aliphatic rings. The summed E-state index contributed by atoms with van der Waals surface area (Å²) in [6.45, 7) is 2.30. The van der Waals surface area contributed by atoms with Crippen LogP contribution in [-0.4, -0.2) is 10.7 Å². The number of hydrogen-bond acceptors (Lipinski definition) is 0. The Morgan fingerprint density at radius 3 is 1.93 bits per heavy atom. The van der Waals surface area contributed by atoms with Crippen LogP contribution in [0.5, 0.6) is 0 Å². The van der Waals surface area contributed by atoms with E-state index in [0.717, 1.165) is 28.5 Å². The minimum absolute atomic E-state index is 0.234. The minimum atomic E-state index is 0.234. The molecular weight excluding hydrogens is 339 g/mol. The van der Waals surface area contributed by atoms with Gasteiger partial charge in [-0.05, 0) is 36.0 Å². The van der Waals surface area contributed by atoms with Crippen molar-refractivity contribution in [2.75, 3.05) is 10.7 Å². The highest BCUT2D eigenvalue weighted by Gasteiger charge is 2.24. The maximum absolute atomic E-state index is 5.90. The standard InChI is InChI=1S/C12H15Br2Cl/c1-12(6-8-13,7-9-14)10-2-4-11(15)5-3-10/h2-5H,6-9H2,1H3. The Labute approximate surface area is 114 Å². The van der Waals surface area contributed by atoms with E-state index >= 15 is 0 Å². The summed E-state index contributed by atoms with van der Waals surface area (Å²) in [5.74, 6) is 0. The van der Waals surface area contributed by atoms with Gasteiger partial charge in [0, 0.05) is 15.7 Å². The molecular formula is C12H15Br2Cl. The van der Waals surface area contributed by atoms with Crippen LogP contribution in [0.4, 0.5) is 0 Å². The lowest BCUT2D eigenvalue weighted by Crippen LogP contribution is -2.23. The number of benzene rings is 1. The average molecular weight is 355 g/mol. The Morgan fingerprint density at radius 1 is 1.07 bits per heavy atom. The first-order valence-corrected chi connectivity index (χ1v) is 7.62. The highest BCUT2D eigenvalue weighted by atomic mass is 79.9. The first-order chi connectivity index (χ1) is 7.12. The van der Waals surface area contributed by atoms with Gasteiger partial charge in [0.25, 0.3) is 0 Å². The number of alkyl halides is 2. The van der Waals surface area contributed by atoms with Crippen LogP contribution < -0.4 is 0 Å². The summed E-state index contributed by atoms with van der Waals surface area (Å²) in [7, 11) is 0. The molecule has 0 fully saturated rings. The highest BCUT2D eigenvalue weighted by Crippen LogP contribution is 2.33. The van der Waals surface area contributed by atoms with Crippen molar-refractivity contribution < 1.29 is 0 Å². The van der Waals surface area contributed by atoms with E-state index in [2.05, 4.69) is 50.9 Å². The maximum atomic E-state index is 5.90. The fraction of sp³-hybridized carbons (Fsp3) is 0.500. The second-order valence-electron chi connectivity index (χ2n) is 3.95. The smallest absolute Gasteiger partial charge is 0.0406 e. The van der Waals surface area contributed by atoms with E-state index in [-0.39, 0.29) is 5.41 Å². The van der Waals surface area contributed by atoms with Crippen LogP contribution in [0, 0.1) is 0 Å². The van der Waals surface area contributed by atoms with Gasteiger partial charge in [0.1, 0.15) is 0 Å². The molecule has 0 atom stereocenters. The summed E-state index contributed by atoms with van der Waals surface area (Å²) in [6, 6.07) is 8.20. The Kier molecular flexibility index (Phi) is 5.65. The van der Waals surface area contributed by atoms with Crippen molar-refractivity contribution in [3.8, 4) is 0 Å². The van der Waals surface area contributed by atoms with E-state index in [1.54, 1.807) is 0 Å². The van der Waals surface area contributed by atoms with E-state index in [1.807, 2.05) is 12.1 Å². The van der Waals surface area contributed by atoms with Gasteiger partial charge in [0.2, 0.25) is 0 Å². The quantitative estimate of drug-likeness (QED) is 0.640. The van der Waals surface area contributed by atoms with Gasteiger partial charge in [0.15, 0.2) is 0 Å². The third kappa shape index (κ3) is 3.76.